The van der Waals surface area contributed by atoms with Gasteiger partial charge in [-0.2, -0.15) is 0 Å². The van der Waals surface area contributed by atoms with Gasteiger partial charge >= 0.3 is 0 Å². The first-order valence-electron chi connectivity index (χ1n) is 8.84. The van der Waals surface area contributed by atoms with Gasteiger partial charge in [-0.15, -0.1) is 0 Å². The quantitative estimate of drug-likeness (QED) is 0.507. The van der Waals surface area contributed by atoms with Crippen LogP contribution in [0.2, 0.25) is 0 Å². The highest BCUT2D eigenvalue weighted by molar-refractivity contribution is 7.89. The molecular weight excluding hydrogens is 392 g/mol. The molecule has 0 saturated carbocycles. The molecule has 148 valence electrons. The summed E-state index contributed by atoms with van der Waals surface area (Å²) in [7, 11) is -2.17. The highest BCUT2D eigenvalue weighted by atomic mass is 32.2. The van der Waals surface area contributed by atoms with E-state index in [1.54, 1.807) is 6.07 Å². The first-order valence-corrected chi connectivity index (χ1v) is 10.3. The number of hydrogen-bond donors (Lipinski definition) is 2. The Hall–Kier alpha value is -3.36. The summed E-state index contributed by atoms with van der Waals surface area (Å²) in [5, 5.41) is 4.57. The maximum atomic E-state index is 12.2. The Labute approximate surface area is 167 Å². The third kappa shape index (κ3) is 3.94. The van der Waals surface area contributed by atoms with Crippen molar-refractivity contribution in [1.82, 2.24) is 4.72 Å². The number of nitrogens with one attached hydrogen (secondary N) is 2. The van der Waals surface area contributed by atoms with Gasteiger partial charge in [0, 0.05) is 16.5 Å². The molecule has 7 nitrogen and oxygen atoms in total. The number of para-hydroxylation sites is 1. The fourth-order valence-electron chi connectivity index (χ4n) is 2.98. The van der Waals surface area contributed by atoms with E-state index in [1.807, 2.05) is 36.4 Å². The van der Waals surface area contributed by atoms with Crippen LogP contribution < -0.4 is 14.8 Å². The van der Waals surface area contributed by atoms with Crippen molar-refractivity contribution in [2.45, 2.75) is 4.90 Å². The Kier molecular flexibility index (Phi) is 4.96. The van der Waals surface area contributed by atoms with Crippen molar-refractivity contribution >= 4 is 43.6 Å². The van der Waals surface area contributed by atoms with Crippen LogP contribution in [0.4, 0.5) is 5.69 Å². The third-order valence-electron chi connectivity index (χ3n) is 4.44. The SMILES string of the molecule is CNS(=O)(=O)c1ccc(NC(=O)COc2ccc3oc4ccccc4c3c2)cc1. The zero-order chi connectivity index (χ0) is 20.4. The highest BCUT2D eigenvalue weighted by Crippen LogP contribution is 2.31. The molecule has 4 rings (SSSR count). The Morgan fingerprint density at radius 3 is 2.45 bits per heavy atom. The van der Waals surface area contributed by atoms with Crippen LogP contribution in [0.15, 0.2) is 76.0 Å². The number of ether oxygens (including phenoxy) is 1. The van der Waals surface area contributed by atoms with Gasteiger partial charge in [0.15, 0.2) is 6.61 Å². The standard InChI is InChI=1S/C21H18N2O5S/c1-22-29(25,26)16-9-6-14(7-10-16)23-21(24)13-27-15-8-11-20-18(12-15)17-4-2-3-5-19(17)28-20/h2-12,22H,13H2,1H3,(H,23,24). The molecule has 0 atom stereocenters. The van der Waals surface area contributed by atoms with Gasteiger partial charge in [-0.1, -0.05) is 18.2 Å². The number of anilines is 1. The maximum Gasteiger partial charge on any atom is 0.262 e. The Balaban J connectivity index is 1.42. The lowest BCUT2D eigenvalue weighted by molar-refractivity contribution is -0.118. The van der Waals surface area contributed by atoms with E-state index in [4.69, 9.17) is 9.15 Å². The first kappa shape index (κ1) is 19.0. The molecule has 0 bridgehead atoms. The number of hydrogen-bond acceptors (Lipinski definition) is 5. The molecule has 0 saturated heterocycles. The highest BCUT2D eigenvalue weighted by Gasteiger charge is 2.12. The predicted octanol–water partition coefficient (Wildman–Crippen LogP) is 3.51. The average Bonchev–Trinajstić information content (AvgIpc) is 3.10. The van der Waals surface area contributed by atoms with Gasteiger partial charge in [0.05, 0.1) is 4.90 Å². The largest absolute Gasteiger partial charge is 0.484 e. The predicted molar refractivity (Wildman–Crippen MR) is 111 cm³/mol. The Morgan fingerprint density at radius 1 is 0.966 bits per heavy atom. The fraction of sp³-hybridized carbons (Fsp3) is 0.0952. The molecule has 0 fully saturated rings. The van der Waals surface area contributed by atoms with Crippen molar-refractivity contribution in [3.8, 4) is 5.75 Å². The lowest BCUT2D eigenvalue weighted by Crippen LogP contribution is -2.20. The van der Waals surface area contributed by atoms with E-state index in [0.29, 0.717) is 11.4 Å². The van der Waals surface area contributed by atoms with E-state index >= 15 is 0 Å². The fourth-order valence-corrected chi connectivity index (χ4v) is 3.71. The monoisotopic (exact) mass is 410 g/mol. The van der Waals surface area contributed by atoms with Crippen molar-refractivity contribution < 1.29 is 22.4 Å². The first-order chi connectivity index (χ1) is 14.0. The van der Waals surface area contributed by atoms with Gasteiger partial charge in [0.1, 0.15) is 16.9 Å². The lowest BCUT2D eigenvalue weighted by Gasteiger charge is -2.08. The molecule has 0 unspecified atom stereocenters. The summed E-state index contributed by atoms with van der Waals surface area (Å²) in [6, 6.07) is 19.0. The summed E-state index contributed by atoms with van der Waals surface area (Å²) < 4.78 is 37.1. The number of rotatable bonds is 6. The second kappa shape index (κ2) is 7.57. The topological polar surface area (TPSA) is 97.6 Å². The summed E-state index contributed by atoms with van der Waals surface area (Å²) in [5.41, 5.74) is 2.02. The Bertz CT molecular complexity index is 1290. The maximum absolute atomic E-state index is 12.2. The number of amides is 1. The van der Waals surface area contributed by atoms with Crippen LogP contribution in [0.1, 0.15) is 0 Å². The van der Waals surface area contributed by atoms with Crippen molar-refractivity contribution in [1.29, 1.82) is 0 Å². The van der Waals surface area contributed by atoms with Gasteiger partial charge < -0.3 is 14.5 Å². The van der Waals surface area contributed by atoms with Crippen LogP contribution in [-0.4, -0.2) is 28.0 Å². The number of fused-ring (bicyclic) bond motifs is 3. The smallest absolute Gasteiger partial charge is 0.262 e. The summed E-state index contributed by atoms with van der Waals surface area (Å²) in [5.74, 6) is 0.195. The molecule has 0 aliphatic rings. The van der Waals surface area contributed by atoms with Crippen LogP contribution in [0.5, 0.6) is 5.75 Å². The van der Waals surface area contributed by atoms with E-state index < -0.39 is 10.0 Å². The summed E-state index contributed by atoms with van der Waals surface area (Å²) in [4.78, 5) is 12.3. The molecule has 0 radical (unpaired) electrons. The molecule has 2 N–H and O–H groups in total. The number of benzene rings is 3. The molecular formula is C21H18N2O5S. The van der Waals surface area contributed by atoms with Gasteiger partial charge in [0.2, 0.25) is 10.0 Å². The molecule has 4 aromatic rings. The minimum Gasteiger partial charge on any atom is -0.484 e. The van der Waals surface area contributed by atoms with Crippen LogP contribution in [-0.2, 0) is 14.8 Å². The van der Waals surface area contributed by atoms with Crippen LogP contribution >= 0.6 is 0 Å². The molecule has 1 amide bonds. The Morgan fingerprint density at radius 2 is 1.69 bits per heavy atom. The molecule has 29 heavy (non-hydrogen) atoms. The minimum absolute atomic E-state index is 0.120. The zero-order valence-electron chi connectivity index (χ0n) is 15.5. The normalized spacial score (nSPS) is 11.6. The molecule has 0 spiro atoms. The molecule has 3 aromatic carbocycles. The van der Waals surface area contributed by atoms with Gasteiger partial charge in [-0.25, -0.2) is 13.1 Å². The van der Waals surface area contributed by atoms with E-state index in [2.05, 4.69) is 10.0 Å². The number of furan rings is 1. The van der Waals surface area contributed by atoms with E-state index in [0.717, 1.165) is 21.9 Å². The number of carbonyl (C=O) groups excluding carboxylic acids is 1. The average molecular weight is 410 g/mol. The van der Waals surface area contributed by atoms with Crippen LogP contribution in [0.3, 0.4) is 0 Å². The minimum atomic E-state index is -3.51. The zero-order valence-corrected chi connectivity index (χ0v) is 16.3. The van der Waals surface area contributed by atoms with Crippen molar-refractivity contribution in [3.05, 3.63) is 66.7 Å². The molecule has 1 heterocycles. The summed E-state index contributed by atoms with van der Waals surface area (Å²) in [6.07, 6.45) is 0. The second-order valence-corrected chi connectivity index (χ2v) is 8.21. The lowest BCUT2D eigenvalue weighted by atomic mass is 10.1. The van der Waals surface area contributed by atoms with Crippen LogP contribution in [0.25, 0.3) is 21.9 Å². The number of sulfonamides is 1. The van der Waals surface area contributed by atoms with Crippen molar-refractivity contribution in [2.75, 3.05) is 19.0 Å². The third-order valence-corrected chi connectivity index (χ3v) is 5.87. The van der Waals surface area contributed by atoms with Crippen molar-refractivity contribution in [3.63, 3.8) is 0 Å². The van der Waals surface area contributed by atoms with Gasteiger partial charge in [-0.05, 0) is 55.6 Å². The van der Waals surface area contributed by atoms with E-state index in [9.17, 15) is 13.2 Å². The van der Waals surface area contributed by atoms with E-state index in [-0.39, 0.29) is 17.4 Å². The van der Waals surface area contributed by atoms with Gasteiger partial charge in [-0.3, -0.25) is 4.79 Å². The summed E-state index contributed by atoms with van der Waals surface area (Å²) >= 11 is 0. The molecule has 0 aliphatic carbocycles. The summed E-state index contributed by atoms with van der Waals surface area (Å²) in [6.45, 7) is -0.183. The number of carbonyl (C=O) groups is 1. The van der Waals surface area contributed by atoms with Gasteiger partial charge in [0.25, 0.3) is 5.91 Å². The van der Waals surface area contributed by atoms with E-state index in [1.165, 1.54) is 31.3 Å². The molecule has 0 aliphatic heterocycles. The van der Waals surface area contributed by atoms with Crippen molar-refractivity contribution in [2.24, 2.45) is 0 Å². The second-order valence-electron chi connectivity index (χ2n) is 6.32. The van der Waals surface area contributed by atoms with Crippen LogP contribution in [0, 0.1) is 0 Å². The molecule has 1 aromatic heterocycles. The molecule has 8 heteroatoms.